The van der Waals surface area contributed by atoms with Crippen molar-refractivity contribution in [3.05, 3.63) is 63.8 Å². The van der Waals surface area contributed by atoms with Crippen molar-refractivity contribution in [3.63, 3.8) is 0 Å². The van der Waals surface area contributed by atoms with Crippen LogP contribution in [0.1, 0.15) is 55.0 Å². The number of hydrogen-bond acceptors (Lipinski definition) is 8. The monoisotopic (exact) mass is 525 g/mol. The topological polar surface area (TPSA) is 109 Å². The predicted octanol–water partition coefficient (Wildman–Crippen LogP) is 4.91. The van der Waals surface area contributed by atoms with E-state index in [1.165, 1.54) is 36.2 Å². The zero-order chi connectivity index (χ0) is 26.5. The second kappa shape index (κ2) is 11.2. The molecule has 0 aliphatic carbocycles. The van der Waals surface area contributed by atoms with Gasteiger partial charge in [0, 0.05) is 6.20 Å². The minimum absolute atomic E-state index is 0.0223. The number of aromatic nitrogens is 2. The number of halogens is 3. The Morgan fingerprint density at radius 1 is 1.17 bits per heavy atom. The van der Waals surface area contributed by atoms with E-state index in [-0.39, 0.29) is 40.2 Å². The Morgan fingerprint density at radius 2 is 1.92 bits per heavy atom. The number of carbonyl (C=O) groups excluding carboxylic acids is 3. The van der Waals surface area contributed by atoms with Gasteiger partial charge in [0.05, 0.1) is 24.8 Å². The third-order valence-corrected chi connectivity index (χ3v) is 5.97. The van der Waals surface area contributed by atoms with Crippen LogP contribution in [0.3, 0.4) is 0 Å². The van der Waals surface area contributed by atoms with E-state index in [4.69, 9.17) is 14.2 Å². The largest absolute Gasteiger partial charge is 0.471 e. The molecule has 9 nitrogen and oxygen atoms in total. The molecule has 0 unspecified atom stereocenters. The van der Waals surface area contributed by atoms with E-state index in [2.05, 4.69) is 10.4 Å². The van der Waals surface area contributed by atoms with Crippen molar-refractivity contribution >= 4 is 34.2 Å². The van der Waals surface area contributed by atoms with Gasteiger partial charge in [0.25, 0.3) is 5.91 Å². The molecule has 0 atom stereocenters. The first kappa shape index (κ1) is 26.7. The highest BCUT2D eigenvalue weighted by Gasteiger charge is 2.31. The van der Waals surface area contributed by atoms with Gasteiger partial charge < -0.3 is 19.5 Å². The number of ether oxygens (including phenoxy) is 3. The van der Waals surface area contributed by atoms with E-state index < -0.39 is 29.6 Å². The molecule has 1 amide bonds. The molecule has 36 heavy (non-hydrogen) atoms. The minimum Gasteiger partial charge on any atom is -0.471 e. The van der Waals surface area contributed by atoms with Crippen LogP contribution in [0.5, 0.6) is 5.75 Å². The Hall–Kier alpha value is -3.87. The second-order valence-electron chi connectivity index (χ2n) is 7.38. The summed E-state index contributed by atoms with van der Waals surface area (Å²) in [4.78, 5) is 37.6. The lowest BCUT2D eigenvalue weighted by atomic mass is 10.1. The molecule has 3 aromatic rings. The fraction of sp³-hybridized carbons (Fsp3) is 0.304. The second-order valence-corrected chi connectivity index (χ2v) is 8.40. The summed E-state index contributed by atoms with van der Waals surface area (Å²) in [7, 11) is 1.20. The number of rotatable bonds is 9. The van der Waals surface area contributed by atoms with Gasteiger partial charge in [0.15, 0.2) is 12.4 Å². The van der Waals surface area contributed by atoms with E-state index in [9.17, 15) is 27.6 Å². The Balaban J connectivity index is 1.75. The Kier molecular flexibility index (Phi) is 8.35. The van der Waals surface area contributed by atoms with E-state index in [1.807, 2.05) is 6.92 Å². The van der Waals surface area contributed by atoms with E-state index >= 15 is 0 Å². The summed E-state index contributed by atoms with van der Waals surface area (Å²) in [6.07, 6.45) is -2.52. The summed E-state index contributed by atoms with van der Waals surface area (Å²) >= 11 is 0.863. The summed E-state index contributed by atoms with van der Waals surface area (Å²) in [5.74, 6) is -2.07. The van der Waals surface area contributed by atoms with Gasteiger partial charge in [-0.05, 0) is 43.2 Å². The molecule has 0 radical (unpaired) electrons. The van der Waals surface area contributed by atoms with Gasteiger partial charge in [0.1, 0.15) is 15.6 Å². The Labute approximate surface area is 207 Å². The Bertz CT molecular complexity index is 1270. The molecule has 2 aromatic heterocycles. The molecule has 0 bridgehead atoms. The molecule has 192 valence electrons. The molecular formula is C23H22F3N3O6S. The molecule has 0 fully saturated rings. The first-order valence-electron chi connectivity index (χ1n) is 10.6. The van der Waals surface area contributed by atoms with E-state index in [0.29, 0.717) is 12.0 Å². The van der Waals surface area contributed by atoms with Crippen LogP contribution < -0.4 is 10.1 Å². The number of nitrogens with zero attached hydrogens (tertiary/aromatic N) is 2. The molecule has 1 aromatic carbocycles. The highest BCUT2D eigenvalue weighted by molar-refractivity contribution is 7.18. The van der Waals surface area contributed by atoms with E-state index in [1.54, 1.807) is 6.92 Å². The molecule has 0 spiro atoms. The molecule has 0 saturated carbocycles. The number of thiophene rings is 1. The number of anilines is 1. The first-order valence-corrected chi connectivity index (χ1v) is 11.4. The van der Waals surface area contributed by atoms with Gasteiger partial charge in [-0.2, -0.15) is 18.3 Å². The van der Waals surface area contributed by atoms with Crippen LogP contribution in [0.15, 0.2) is 36.5 Å². The van der Waals surface area contributed by atoms with E-state index in [0.717, 1.165) is 23.5 Å². The van der Waals surface area contributed by atoms with Gasteiger partial charge >= 0.3 is 18.1 Å². The van der Waals surface area contributed by atoms with Crippen LogP contribution in [-0.2, 0) is 22.4 Å². The van der Waals surface area contributed by atoms with Gasteiger partial charge in [-0.1, -0.05) is 13.0 Å². The van der Waals surface area contributed by atoms with Crippen molar-refractivity contribution in [2.45, 2.75) is 33.2 Å². The van der Waals surface area contributed by atoms with Crippen molar-refractivity contribution < 1.29 is 41.8 Å². The number of benzene rings is 1. The third kappa shape index (κ3) is 6.22. The maximum absolute atomic E-state index is 12.9. The van der Waals surface area contributed by atoms with Crippen molar-refractivity contribution in [1.82, 2.24) is 9.78 Å². The smallest absolute Gasteiger partial charge is 0.416 e. The summed E-state index contributed by atoms with van der Waals surface area (Å²) in [5.41, 5.74) is -0.565. The summed E-state index contributed by atoms with van der Waals surface area (Å²) < 4.78 is 55.1. The number of alkyl halides is 3. The van der Waals surface area contributed by atoms with Crippen molar-refractivity contribution in [3.8, 4) is 5.75 Å². The highest BCUT2D eigenvalue weighted by atomic mass is 32.1. The van der Waals surface area contributed by atoms with Crippen LogP contribution >= 0.6 is 11.3 Å². The van der Waals surface area contributed by atoms with Crippen LogP contribution in [0.2, 0.25) is 0 Å². The average Bonchev–Trinajstić information content (AvgIpc) is 3.45. The number of methoxy groups -OCH3 is 1. The number of hydrogen-bond donors (Lipinski definition) is 1. The average molecular weight is 526 g/mol. The molecule has 0 aliphatic heterocycles. The van der Waals surface area contributed by atoms with Crippen LogP contribution in [0, 0.1) is 6.92 Å². The molecule has 0 aliphatic rings. The normalized spacial score (nSPS) is 11.2. The summed E-state index contributed by atoms with van der Waals surface area (Å²) in [5, 5.41) is 6.71. The maximum Gasteiger partial charge on any atom is 0.416 e. The molecule has 13 heteroatoms. The minimum atomic E-state index is -4.51. The van der Waals surface area contributed by atoms with Gasteiger partial charge in [-0.25, -0.2) is 14.3 Å². The fourth-order valence-corrected chi connectivity index (χ4v) is 4.13. The third-order valence-electron chi connectivity index (χ3n) is 4.78. The summed E-state index contributed by atoms with van der Waals surface area (Å²) in [6.45, 7) is 3.27. The van der Waals surface area contributed by atoms with Crippen LogP contribution in [0.4, 0.5) is 18.2 Å². The number of nitrogens with one attached hydrogen (secondary N) is 1. The predicted molar refractivity (Wildman–Crippen MR) is 123 cm³/mol. The maximum atomic E-state index is 12.9. The fourth-order valence-electron chi connectivity index (χ4n) is 3.03. The van der Waals surface area contributed by atoms with Crippen molar-refractivity contribution in [1.29, 1.82) is 0 Å². The van der Waals surface area contributed by atoms with Crippen LogP contribution in [-0.4, -0.2) is 41.3 Å². The standard InChI is InChI=1S/C23H22F3N3O6S/c1-4-10-34-21(31)17-13(2)18(22(32)33-3)36-20(17)27-19(30)16-8-9-29(28-16)12-35-15-7-5-6-14(11-15)23(24,25)26/h5-9,11H,4,10,12H2,1-3H3,(H,27,30). The number of carbonyl (C=O) groups is 3. The lowest BCUT2D eigenvalue weighted by Gasteiger charge is -2.10. The van der Waals surface area contributed by atoms with Gasteiger partial charge in [0.2, 0.25) is 0 Å². The summed E-state index contributed by atoms with van der Waals surface area (Å²) in [6, 6.07) is 5.72. The quantitative estimate of drug-likeness (QED) is 0.395. The highest BCUT2D eigenvalue weighted by Crippen LogP contribution is 2.35. The zero-order valence-corrected chi connectivity index (χ0v) is 20.3. The Morgan fingerprint density at radius 3 is 2.58 bits per heavy atom. The first-order chi connectivity index (χ1) is 17.0. The molecule has 1 N–H and O–H groups in total. The lowest BCUT2D eigenvalue weighted by Crippen LogP contribution is -2.16. The van der Waals surface area contributed by atoms with Gasteiger partial charge in [-0.15, -0.1) is 11.3 Å². The van der Waals surface area contributed by atoms with Crippen LogP contribution in [0.25, 0.3) is 0 Å². The van der Waals surface area contributed by atoms with Crippen molar-refractivity contribution in [2.75, 3.05) is 19.0 Å². The molecule has 0 saturated heterocycles. The van der Waals surface area contributed by atoms with Crippen molar-refractivity contribution in [2.24, 2.45) is 0 Å². The lowest BCUT2D eigenvalue weighted by molar-refractivity contribution is -0.137. The number of esters is 2. The zero-order valence-electron chi connectivity index (χ0n) is 19.5. The van der Waals surface area contributed by atoms with Gasteiger partial charge in [-0.3, -0.25) is 4.79 Å². The molecular weight excluding hydrogens is 503 g/mol. The molecule has 2 heterocycles. The molecule has 3 rings (SSSR count). The number of amides is 1. The SMILES string of the molecule is CCCOC(=O)c1c(NC(=O)c2ccn(COc3cccc(C(F)(F)F)c3)n2)sc(C(=O)OC)c1C.